The van der Waals surface area contributed by atoms with Crippen molar-refractivity contribution in [2.24, 2.45) is 0 Å². The smallest absolute Gasteiger partial charge is 0.306 e. The van der Waals surface area contributed by atoms with Crippen LogP contribution in [-0.2, 0) is 28.6 Å². The fourth-order valence-corrected chi connectivity index (χ4v) is 6.89. The fourth-order valence-electron chi connectivity index (χ4n) is 6.89. The molecule has 1 unspecified atom stereocenters. The van der Waals surface area contributed by atoms with Crippen molar-refractivity contribution in [1.82, 2.24) is 0 Å². The third kappa shape index (κ3) is 49.3. The Morgan fingerprint density at radius 1 is 0.344 bits per heavy atom. The minimum Gasteiger partial charge on any atom is -0.462 e. The van der Waals surface area contributed by atoms with Crippen LogP contribution in [0.4, 0.5) is 0 Å². The highest BCUT2D eigenvalue weighted by molar-refractivity contribution is 5.71. The number of carbonyl (C=O) groups excluding carboxylic acids is 3. The van der Waals surface area contributed by atoms with E-state index in [-0.39, 0.29) is 44.0 Å². The number of unbranched alkanes of at least 4 members (excludes halogenated alkanes) is 20. The number of rotatable bonds is 46. The Morgan fingerprint density at radius 2 is 0.688 bits per heavy atom. The predicted molar refractivity (Wildman–Crippen MR) is 274 cm³/mol. The van der Waals surface area contributed by atoms with Gasteiger partial charge < -0.3 is 14.2 Å². The van der Waals surface area contributed by atoms with Crippen molar-refractivity contribution in [2.45, 2.75) is 239 Å². The van der Waals surface area contributed by atoms with Gasteiger partial charge in [-0.05, 0) is 103 Å². The zero-order chi connectivity index (χ0) is 46.5. The molecule has 0 spiro atoms. The number of esters is 3. The number of allylic oxidation sites excluding steroid dienone is 16. The van der Waals surface area contributed by atoms with E-state index in [0.717, 1.165) is 89.9 Å². The van der Waals surface area contributed by atoms with Gasteiger partial charge >= 0.3 is 17.9 Å². The van der Waals surface area contributed by atoms with Crippen LogP contribution in [0, 0.1) is 0 Å². The number of hydrogen-bond acceptors (Lipinski definition) is 6. The van der Waals surface area contributed by atoms with Crippen LogP contribution >= 0.6 is 0 Å². The van der Waals surface area contributed by atoms with E-state index in [4.69, 9.17) is 14.2 Å². The molecule has 0 amide bonds. The standard InChI is InChI=1S/C58H96O6/c1-4-7-10-13-16-19-22-25-28-30-33-36-39-42-45-48-51-57(60)63-54-55(53-62-56(59)50-47-44-41-38-35-32-27-24-21-18-15-12-9-6-3)64-58(61)52-49-46-43-40-37-34-31-29-26-23-20-17-14-11-8-5-2/h7,10,16,19,25,28-29,31-37,42,45,55H,4-6,8-9,11-15,17-18,20-24,26-27,30,38-41,43-44,46-54H2,1-3H3/b10-7-,19-16-,28-25-,31-29-,35-32-,36-33-,37-34-,45-42-. The summed E-state index contributed by atoms with van der Waals surface area (Å²) >= 11 is 0. The SMILES string of the molecule is CC/C=C\C/C=C\C/C=C\C/C=C\C/C=C\CCC(=O)OCC(COC(=O)CCCCC/C=C\CCCCCCCCC)OC(=O)CCCCC/C=C\C=C/CCCCCCCCC. The van der Waals surface area contributed by atoms with Crippen molar-refractivity contribution in [3.63, 3.8) is 0 Å². The third-order valence-corrected chi connectivity index (χ3v) is 10.8. The normalized spacial score (nSPS) is 12.9. The molecular weight excluding hydrogens is 793 g/mol. The third-order valence-electron chi connectivity index (χ3n) is 10.8. The Bertz CT molecular complexity index is 1300. The van der Waals surface area contributed by atoms with Gasteiger partial charge in [0.2, 0.25) is 0 Å². The lowest BCUT2D eigenvalue weighted by atomic mass is 10.1. The van der Waals surface area contributed by atoms with Crippen molar-refractivity contribution in [3.8, 4) is 0 Å². The first-order valence-corrected chi connectivity index (χ1v) is 26.3. The van der Waals surface area contributed by atoms with Gasteiger partial charge in [0, 0.05) is 19.3 Å². The lowest BCUT2D eigenvalue weighted by molar-refractivity contribution is -0.166. The van der Waals surface area contributed by atoms with E-state index in [1.807, 2.05) is 12.2 Å². The fraction of sp³-hybridized carbons (Fsp3) is 0.672. The van der Waals surface area contributed by atoms with E-state index < -0.39 is 6.10 Å². The molecule has 6 heteroatoms. The van der Waals surface area contributed by atoms with Crippen LogP contribution in [-0.4, -0.2) is 37.2 Å². The molecule has 0 saturated carbocycles. The lowest BCUT2D eigenvalue weighted by Crippen LogP contribution is -2.30. The summed E-state index contributed by atoms with van der Waals surface area (Å²) in [7, 11) is 0. The minimum atomic E-state index is -0.827. The zero-order valence-electron chi connectivity index (χ0n) is 41.5. The molecule has 364 valence electrons. The van der Waals surface area contributed by atoms with Crippen LogP contribution < -0.4 is 0 Å². The van der Waals surface area contributed by atoms with Crippen LogP contribution in [0.15, 0.2) is 97.2 Å². The first kappa shape index (κ1) is 60.3. The van der Waals surface area contributed by atoms with E-state index >= 15 is 0 Å². The Balaban J connectivity index is 4.57. The molecule has 0 aromatic heterocycles. The predicted octanol–water partition coefficient (Wildman–Crippen LogP) is 17.4. The first-order valence-electron chi connectivity index (χ1n) is 26.3. The first-order chi connectivity index (χ1) is 31.5. The van der Waals surface area contributed by atoms with E-state index in [0.29, 0.717) is 19.3 Å². The average Bonchev–Trinajstić information content (AvgIpc) is 3.29. The molecule has 0 fully saturated rings. The molecule has 0 rings (SSSR count). The topological polar surface area (TPSA) is 78.9 Å². The largest absolute Gasteiger partial charge is 0.462 e. The number of ether oxygens (including phenoxy) is 3. The van der Waals surface area contributed by atoms with Crippen LogP contribution in [0.3, 0.4) is 0 Å². The maximum atomic E-state index is 12.8. The molecule has 0 radical (unpaired) electrons. The van der Waals surface area contributed by atoms with Gasteiger partial charge in [-0.25, -0.2) is 0 Å². The molecule has 0 aromatic carbocycles. The van der Waals surface area contributed by atoms with Gasteiger partial charge in [-0.1, -0.05) is 208 Å². The molecule has 0 aliphatic rings. The van der Waals surface area contributed by atoms with Gasteiger partial charge in [-0.15, -0.1) is 0 Å². The van der Waals surface area contributed by atoms with Crippen LogP contribution in [0.5, 0.6) is 0 Å². The molecule has 0 saturated heterocycles. The zero-order valence-corrected chi connectivity index (χ0v) is 41.5. The van der Waals surface area contributed by atoms with E-state index in [9.17, 15) is 14.4 Å². The maximum absolute atomic E-state index is 12.8. The van der Waals surface area contributed by atoms with Crippen LogP contribution in [0.1, 0.15) is 233 Å². The Morgan fingerprint density at radius 3 is 1.14 bits per heavy atom. The molecule has 6 nitrogen and oxygen atoms in total. The highest BCUT2D eigenvalue weighted by Gasteiger charge is 2.19. The highest BCUT2D eigenvalue weighted by atomic mass is 16.6. The second kappa shape index (κ2) is 52.0. The van der Waals surface area contributed by atoms with Crippen molar-refractivity contribution in [3.05, 3.63) is 97.2 Å². The molecule has 0 aliphatic heterocycles. The van der Waals surface area contributed by atoms with Gasteiger partial charge in [0.25, 0.3) is 0 Å². The highest BCUT2D eigenvalue weighted by Crippen LogP contribution is 2.12. The lowest BCUT2D eigenvalue weighted by Gasteiger charge is -2.18. The average molecular weight is 889 g/mol. The minimum absolute atomic E-state index is 0.120. The van der Waals surface area contributed by atoms with Gasteiger partial charge in [0.1, 0.15) is 13.2 Å². The van der Waals surface area contributed by atoms with Gasteiger partial charge in [0.05, 0.1) is 0 Å². The quantitative estimate of drug-likeness (QED) is 0.0199. The molecular formula is C58H96O6. The number of carbonyl (C=O) groups is 3. The summed E-state index contributed by atoms with van der Waals surface area (Å²) < 4.78 is 16.7. The molecule has 64 heavy (non-hydrogen) atoms. The Hall–Kier alpha value is -3.67. The van der Waals surface area contributed by atoms with Crippen molar-refractivity contribution < 1.29 is 28.6 Å². The van der Waals surface area contributed by atoms with Crippen molar-refractivity contribution in [2.75, 3.05) is 13.2 Å². The summed E-state index contributed by atoms with van der Waals surface area (Å²) in [5.74, 6) is -1.05. The van der Waals surface area contributed by atoms with E-state index in [1.165, 1.54) is 89.9 Å². The van der Waals surface area contributed by atoms with Gasteiger partial charge in [-0.2, -0.15) is 0 Å². The van der Waals surface area contributed by atoms with Gasteiger partial charge in [-0.3, -0.25) is 14.4 Å². The summed E-state index contributed by atoms with van der Waals surface area (Å²) in [6.07, 6.45) is 68.3. The van der Waals surface area contributed by atoms with Crippen molar-refractivity contribution in [1.29, 1.82) is 0 Å². The monoisotopic (exact) mass is 889 g/mol. The van der Waals surface area contributed by atoms with Crippen LogP contribution in [0.25, 0.3) is 0 Å². The second-order valence-corrected chi connectivity index (χ2v) is 17.1. The van der Waals surface area contributed by atoms with Crippen molar-refractivity contribution >= 4 is 17.9 Å². The second-order valence-electron chi connectivity index (χ2n) is 17.1. The summed E-state index contributed by atoms with van der Waals surface area (Å²) in [6, 6.07) is 0. The van der Waals surface area contributed by atoms with E-state index in [1.54, 1.807) is 0 Å². The Kier molecular flexibility index (Phi) is 49.0. The summed E-state index contributed by atoms with van der Waals surface area (Å²) in [5.41, 5.74) is 0. The molecule has 0 bridgehead atoms. The van der Waals surface area contributed by atoms with Gasteiger partial charge in [0.15, 0.2) is 6.10 Å². The number of hydrogen-bond donors (Lipinski definition) is 0. The molecule has 1 atom stereocenters. The maximum Gasteiger partial charge on any atom is 0.306 e. The van der Waals surface area contributed by atoms with E-state index in [2.05, 4.69) is 106 Å². The molecule has 0 N–H and O–H groups in total. The summed E-state index contributed by atoms with van der Waals surface area (Å²) in [5, 5.41) is 0. The Labute approximate surface area is 394 Å². The molecule has 0 aliphatic carbocycles. The molecule has 0 heterocycles. The van der Waals surface area contributed by atoms with Crippen LogP contribution in [0.2, 0.25) is 0 Å². The summed E-state index contributed by atoms with van der Waals surface area (Å²) in [6.45, 7) is 6.41. The summed E-state index contributed by atoms with van der Waals surface area (Å²) in [4.78, 5) is 38.0. The molecule has 0 aromatic rings.